The lowest BCUT2D eigenvalue weighted by atomic mass is 9.77. The van der Waals surface area contributed by atoms with E-state index in [4.69, 9.17) is 0 Å². The van der Waals surface area contributed by atoms with Gasteiger partial charge in [0.2, 0.25) is 0 Å². The van der Waals surface area contributed by atoms with Gasteiger partial charge in [0.05, 0.1) is 0 Å². The van der Waals surface area contributed by atoms with Crippen LogP contribution in [-0.4, -0.2) is 0 Å². The Balaban J connectivity index is 1.51. The zero-order valence-electron chi connectivity index (χ0n) is 17.6. The average molecular weight is 387 g/mol. The average Bonchev–Trinajstić information content (AvgIpc) is 2.79. The van der Waals surface area contributed by atoms with Gasteiger partial charge in [0.15, 0.2) is 0 Å². The number of hydrogen-bond donors (Lipinski definition) is 0. The van der Waals surface area contributed by atoms with Crippen LogP contribution in [0.2, 0.25) is 0 Å². The molecule has 0 unspecified atom stereocenters. The van der Waals surface area contributed by atoms with Gasteiger partial charge in [0.1, 0.15) is 5.82 Å². The topological polar surface area (TPSA) is 0 Å². The summed E-state index contributed by atoms with van der Waals surface area (Å²) in [5.41, 5.74) is 6.34. The molecule has 0 nitrogen and oxygen atoms in total. The van der Waals surface area contributed by atoms with Crippen LogP contribution in [0.25, 0.3) is 22.3 Å². The molecule has 0 radical (unpaired) electrons. The van der Waals surface area contributed by atoms with Crippen molar-refractivity contribution in [2.75, 3.05) is 0 Å². The van der Waals surface area contributed by atoms with E-state index >= 15 is 0 Å². The zero-order chi connectivity index (χ0) is 20.2. The van der Waals surface area contributed by atoms with Crippen molar-refractivity contribution in [1.82, 2.24) is 0 Å². The van der Waals surface area contributed by atoms with Crippen LogP contribution in [0.4, 0.5) is 4.39 Å². The second-order valence-corrected chi connectivity index (χ2v) is 8.49. The minimum atomic E-state index is -0.154. The van der Waals surface area contributed by atoms with Crippen molar-refractivity contribution in [3.8, 4) is 22.3 Å². The molecule has 0 aliphatic heterocycles. The van der Waals surface area contributed by atoms with Crippen molar-refractivity contribution < 1.29 is 4.39 Å². The van der Waals surface area contributed by atoms with E-state index in [1.54, 1.807) is 6.07 Å². The molecule has 0 bridgehead atoms. The van der Waals surface area contributed by atoms with Crippen LogP contribution in [-0.2, 0) is 6.42 Å². The summed E-state index contributed by atoms with van der Waals surface area (Å²) in [5.74, 6) is 1.43. The van der Waals surface area contributed by atoms with Crippen molar-refractivity contribution >= 4 is 0 Å². The molecule has 0 aromatic heterocycles. The summed E-state index contributed by atoms with van der Waals surface area (Å²) in [6, 6.07) is 22.6. The van der Waals surface area contributed by atoms with Gasteiger partial charge in [-0.2, -0.15) is 0 Å². The summed E-state index contributed by atoms with van der Waals surface area (Å²) < 4.78 is 14.9. The third-order valence-electron chi connectivity index (χ3n) is 6.78. The van der Waals surface area contributed by atoms with Crippen molar-refractivity contribution in [2.24, 2.45) is 5.92 Å². The van der Waals surface area contributed by atoms with Crippen molar-refractivity contribution in [1.29, 1.82) is 0 Å². The van der Waals surface area contributed by atoms with Crippen LogP contribution in [0.1, 0.15) is 63.0 Å². The summed E-state index contributed by atoms with van der Waals surface area (Å²) in [5, 5.41) is 0. The summed E-state index contributed by atoms with van der Waals surface area (Å²) >= 11 is 0. The largest absolute Gasteiger partial charge is 0.206 e. The second-order valence-electron chi connectivity index (χ2n) is 8.49. The van der Waals surface area contributed by atoms with Crippen LogP contribution in [0.3, 0.4) is 0 Å². The van der Waals surface area contributed by atoms with E-state index in [0.29, 0.717) is 11.5 Å². The smallest absolute Gasteiger partial charge is 0.131 e. The van der Waals surface area contributed by atoms with Crippen molar-refractivity contribution in [3.05, 3.63) is 83.7 Å². The van der Waals surface area contributed by atoms with Gasteiger partial charge in [-0.1, -0.05) is 80.9 Å². The van der Waals surface area contributed by atoms with Gasteiger partial charge in [0, 0.05) is 5.56 Å². The lowest BCUT2D eigenvalue weighted by Gasteiger charge is -2.28. The molecule has 1 aliphatic rings. The number of halogens is 1. The second kappa shape index (κ2) is 8.95. The highest BCUT2D eigenvalue weighted by Crippen LogP contribution is 2.37. The molecule has 0 atom stereocenters. The monoisotopic (exact) mass is 386 g/mol. The maximum atomic E-state index is 14.9. The Hall–Kier alpha value is -2.41. The highest BCUT2D eigenvalue weighted by atomic mass is 19.1. The van der Waals surface area contributed by atoms with E-state index in [0.717, 1.165) is 29.0 Å². The maximum absolute atomic E-state index is 14.9. The first kappa shape index (κ1) is 19.9. The molecule has 0 amide bonds. The summed E-state index contributed by atoms with van der Waals surface area (Å²) in [4.78, 5) is 0. The lowest BCUT2D eigenvalue weighted by Crippen LogP contribution is -2.12. The number of hydrogen-bond acceptors (Lipinski definition) is 0. The molecule has 0 saturated heterocycles. The first-order valence-corrected chi connectivity index (χ1v) is 11.2. The first-order valence-electron chi connectivity index (χ1n) is 11.2. The predicted octanol–water partition coefficient (Wildman–Crippen LogP) is 8.41. The van der Waals surface area contributed by atoms with Crippen molar-refractivity contribution in [3.63, 3.8) is 0 Å². The molecule has 0 spiro atoms. The molecule has 0 heterocycles. The number of rotatable bonds is 5. The lowest BCUT2D eigenvalue weighted by molar-refractivity contribution is 0.319. The van der Waals surface area contributed by atoms with E-state index in [-0.39, 0.29) is 5.82 Å². The molecule has 3 aromatic carbocycles. The highest BCUT2D eigenvalue weighted by molar-refractivity contribution is 5.71. The minimum Gasteiger partial charge on any atom is -0.206 e. The molecule has 4 rings (SSSR count). The van der Waals surface area contributed by atoms with E-state index in [2.05, 4.69) is 62.4 Å². The SMILES string of the molecule is CCc1ccc(-c2ccc(-c3ccc(C4CCC(CC)CC4)cc3)c(F)c2)cc1. The van der Waals surface area contributed by atoms with E-state index in [9.17, 15) is 4.39 Å². The van der Waals surface area contributed by atoms with Crippen LogP contribution >= 0.6 is 0 Å². The van der Waals surface area contributed by atoms with Gasteiger partial charge in [-0.05, 0) is 77.8 Å². The Morgan fingerprint density at radius 3 is 1.93 bits per heavy atom. The van der Waals surface area contributed by atoms with Crippen LogP contribution in [0.15, 0.2) is 66.7 Å². The van der Waals surface area contributed by atoms with E-state index < -0.39 is 0 Å². The van der Waals surface area contributed by atoms with Crippen LogP contribution < -0.4 is 0 Å². The summed E-state index contributed by atoms with van der Waals surface area (Å²) in [6.45, 7) is 4.45. The molecule has 29 heavy (non-hydrogen) atoms. The molecule has 1 heteroatoms. The minimum absolute atomic E-state index is 0.154. The van der Waals surface area contributed by atoms with Gasteiger partial charge < -0.3 is 0 Å². The van der Waals surface area contributed by atoms with Gasteiger partial charge >= 0.3 is 0 Å². The molecule has 1 aliphatic carbocycles. The zero-order valence-corrected chi connectivity index (χ0v) is 17.6. The molecule has 1 saturated carbocycles. The Labute approximate surface area is 174 Å². The fourth-order valence-electron chi connectivity index (χ4n) is 4.70. The molecular formula is C28H31F. The Morgan fingerprint density at radius 2 is 1.34 bits per heavy atom. The normalized spacial score (nSPS) is 19.3. The molecule has 0 N–H and O–H groups in total. The summed E-state index contributed by atoms with van der Waals surface area (Å²) in [7, 11) is 0. The fraction of sp³-hybridized carbons (Fsp3) is 0.357. The van der Waals surface area contributed by atoms with Crippen LogP contribution in [0, 0.1) is 11.7 Å². The standard InChI is InChI=1S/C28H31F/c1-3-20-5-9-22(10-6-20)23-13-15-25(16-14-23)27-18-17-26(19-28(27)29)24-11-7-21(4-2)8-12-24/h7-8,11-20,22H,3-6,9-10H2,1-2H3. The Bertz CT molecular complexity index is 929. The first-order chi connectivity index (χ1) is 14.2. The third kappa shape index (κ3) is 4.45. The maximum Gasteiger partial charge on any atom is 0.131 e. The fourth-order valence-corrected chi connectivity index (χ4v) is 4.70. The summed E-state index contributed by atoms with van der Waals surface area (Å²) in [6.07, 6.45) is 7.60. The van der Waals surface area contributed by atoms with Crippen molar-refractivity contribution in [2.45, 2.75) is 58.3 Å². The molecule has 3 aromatic rings. The van der Waals surface area contributed by atoms with Gasteiger partial charge in [-0.25, -0.2) is 4.39 Å². The molecule has 150 valence electrons. The number of benzene rings is 3. The molecule has 1 fully saturated rings. The third-order valence-corrected chi connectivity index (χ3v) is 6.78. The van der Waals surface area contributed by atoms with Gasteiger partial charge in [0.25, 0.3) is 0 Å². The predicted molar refractivity (Wildman–Crippen MR) is 122 cm³/mol. The molecular weight excluding hydrogens is 355 g/mol. The van der Waals surface area contributed by atoms with E-state index in [1.807, 2.05) is 12.1 Å². The highest BCUT2D eigenvalue weighted by Gasteiger charge is 2.21. The Morgan fingerprint density at radius 1 is 0.724 bits per heavy atom. The van der Waals surface area contributed by atoms with Gasteiger partial charge in [-0.15, -0.1) is 0 Å². The number of aryl methyl sites for hydroxylation is 1. The van der Waals surface area contributed by atoms with E-state index in [1.165, 1.54) is 43.2 Å². The van der Waals surface area contributed by atoms with Crippen LogP contribution in [0.5, 0.6) is 0 Å². The van der Waals surface area contributed by atoms with Gasteiger partial charge in [-0.3, -0.25) is 0 Å². The Kier molecular flexibility index (Phi) is 6.13. The quantitative estimate of drug-likeness (QED) is 0.413.